The Morgan fingerprint density at radius 2 is 1.90 bits per heavy atom. The summed E-state index contributed by atoms with van der Waals surface area (Å²) in [5, 5.41) is 5.30. The van der Waals surface area contributed by atoms with Crippen molar-refractivity contribution < 1.29 is 22.7 Å². The summed E-state index contributed by atoms with van der Waals surface area (Å²) in [6.45, 7) is 4.08. The standard InChI is InChI=1S/C20H23N3O5S/c1-14(2)28-17-8-6-15(7-9-17)20(25)22-16-4-3-5-18(12-16)29(26,27)23-11-10-21-19(24)13-23/h3-9,12,14H,10-11,13H2,1-2H3,(H,21,24)(H,22,25). The van der Waals surface area contributed by atoms with Gasteiger partial charge in [0.1, 0.15) is 5.75 Å². The van der Waals surface area contributed by atoms with Crippen molar-refractivity contribution in [1.82, 2.24) is 9.62 Å². The topological polar surface area (TPSA) is 105 Å². The molecule has 1 aliphatic heterocycles. The fourth-order valence-corrected chi connectivity index (χ4v) is 4.31. The van der Waals surface area contributed by atoms with E-state index in [9.17, 15) is 18.0 Å². The Morgan fingerprint density at radius 1 is 1.17 bits per heavy atom. The van der Waals surface area contributed by atoms with Crippen molar-refractivity contribution in [2.45, 2.75) is 24.8 Å². The van der Waals surface area contributed by atoms with Gasteiger partial charge in [0.15, 0.2) is 0 Å². The minimum atomic E-state index is -3.83. The van der Waals surface area contributed by atoms with Crippen molar-refractivity contribution in [2.75, 3.05) is 25.0 Å². The van der Waals surface area contributed by atoms with Gasteiger partial charge >= 0.3 is 0 Å². The molecule has 29 heavy (non-hydrogen) atoms. The number of carbonyl (C=O) groups is 2. The molecule has 1 fully saturated rings. The molecule has 1 saturated heterocycles. The van der Waals surface area contributed by atoms with Gasteiger partial charge in [-0.3, -0.25) is 9.59 Å². The molecular formula is C20H23N3O5S. The van der Waals surface area contributed by atoms with Crippen LogP contribution >= 0.6 is 0 Å². The summed E-state index contributed by atoms with van der Waals surface area (Å²) in [5.41, 5.74) is 0.766. The minimum Gasteiger partial charge on any atom is -0.491 e. The van der Waals surface area contributed by atoms with Crippen molar-refractivity contribution in [3.63, 3.8) is 0 Å². The van der Waals surface area contributed by atoms with Crippen molar-refractivity contribution in [3.05, 3.63) is 54.1 Å². The molecule has 0 atom stereocenters. The van der Waals surface area contributed by atoms with E-state index < -0.39 is 10.0 Å². The van der Waals surface area contributed by atoms with E-state index in [0.717, 1.165) is 4.31 Å². The number of benzene rings is 2. The zero-order valence-electron chi connectivity index (χ0n) is 16.2. The fraction of sp³-hybridized carbons (Fsp3) is 0.300. The number of ether oxygens (including phenoxy) is 1. The van der Waals surface area contributed by atoms with E-state index in [4.69, 9.17) is 4.74 Å². The largest absolute Gasteiger partial charge is 0.491 e. The first kappa shape index (κ1) is 20.8. The Bertz CT molecular complexity index is 1000. The number of nitrogens with one attached hydrogen (secondary N) is 2. The molecule has 2 N–H and O–H groups in total. The molecule has 0 aromatic heterocycles. The number of anilines is 1. The van der Waals surface area contributed by atoms with Gasteiger partial charge in [-0.05, 0) is 56.3 Å². The van der Waals surface area contributed by atoms with Gasteiger partial charge in [0.05, 0.1) is 17.5 Å². The lowest BCUT2D eigenvalue weighted by Gasteiger charge is -2.26. The van der Waals surface area contributed by atoms with E-state index in [2.05, 4.69) is 10.6 Å². The highest BCUT2D eigenvalue weighted by atomic mass is 32.2. The number of rotatable bonds is 6. The molecule has 0 bridgehead atoms. The number of hydrogen-bond donors (Lipinski definition) is 2. The smallest absolute Gasteiger partial charge is 0.255 e. The fourth-order valence-electron chi connectivity index (χ4n) is 2.86. The highest BCUT2D eigenvalue weighted by Gasteiger charge is 2.29. The van der Waals surface area contributed by atoms with E-state index in [-0.39, 0.29) is 42.4 Å². The maximum absolute atomic E-state index is 12.8. The van der Waals surface area contributed by atoms with Crippen molar-refractivity contribution in [3.8, 4) is 5.75 Å². The maximum atomic E-state index is 12.8. The lowest BCUT2D eigenvalue weighted by molar-refractivity contribution is -0.122. The van der Waals surface area contributed by atoms with Crippen LogP contribution in [-0.2, 0) is 14.8 Å². The lowest BCUT2D eigenvalue weighted by Crippen LogP contribution is -2.49. The molecule has 2 aromatic carbocycles. The van der Waals surface area contributed by atoms with Crippen LogP contribution in [0.2, 0.25) is 0 Å². The van der Waals surface area contributed by atoms with Gasteiger partial charge in [-0.25, -0.2) is 8.42 Å². The van der Waals surface area contributed by atoms with E-state index >= 15 is 0 Å². The van der Waals surface area contributed by atoms with E-state index in [1.807, 2.05) is 13.8 Å². The Hall–Kier alpha value is -2.91. The summed E-state index contributed by atoms with van der Waals surface area (Å²) in [6.07, 6.45) is 0.0327. The minimum absolute atomic E-state index is 0.0191. The van der Waals surface area contributed by atoms with Crippen LogP contribution in [0, 0.1) is 0 Å². The van der Waals surface area contributed by atoms with Gasteiger partial charge in [-0.2, -0.15) is 4.31 Å². The molecule has 8 nitrogen and oxygen atoms in total. The second-order valence-corrected chi connectivity index (χ2v) is 8.80. The summed E-state index contributed by atoms with van der Waals surface area (Å²) in [4.78, 5) is 24.0. The van der Waals surface area contributed by atoms with E-state index in [0.29, 0.717) is 17.0 Å². The number of nitrogens with zero attached hydrogens (tertiary/aromatic N) is 1. The third-order valence-corrected chi connectivity index (χ3v) is 6.06. The maximum Gasteiger partial charge on any atom is 0.255 e. The van der Waals surface area contributed by atoms with Crippen LogP contribution in [0.25, 0.3) is 0 Å². The third-order valence-electron chi connectivity index (χ3n) is 4.22. The van der Waals surface area contributed by atoms with Crippen molar-refractivity contribution in [2.24, 2.45) is 0 Å². The molecule has 2 aromatic rings. The molecule has 0 unspecified atom stereocenters. The summed E-state index contributed by atoms with van der Waals surface area (Å²) in [5.74, 6) is -0.0441. The molecule has 154 valence electrons. The molecule has 0 saturated carbocycles. The molecule has 1 aliphatic rings. The summed E-state index contributed by atoms with van der Waals surface area (Å²) >= 11 is 0. The second kappa shape index (κ2) is 8.62. The Balaban J connectivity index is 1.74. The highest BCUT2D eigenvalue weighted by Crippen LogP contribution is 2.21. The van der Waals surface area contributed by atoms with Crippen LogP contribution in [-0.4, -0.2) is 50.3 Å². The summed E-state index contributed by atoms with van der Waals surface area (Å²) in [6, 6.07) is 12.7. The first-order chi connectivity index (χ1) is 13.8. The summed E-state index contributed by atoms with van der Waals surface area (Å²) in [7, 11) is -3.83. The zero-order chi connectivity index (χ0) is 21.0. The lowest BCUT2D eigenvalue weighted by atomic mass is 10.2. The quantitative estimate of drug-likeness (QED) is 0.746. The first-order valence-electron chi connectivity index (χ1n) is 9.21. The average molecular weight is 417 g/mol. The Labute approximate surface area is 169 Å². The van der Waals surface area contributed by atoms with E-state index in [1.54, 1.807) is 36.4 Å². The molecule has 1 heterocycles. The predicted molar refractivity (Wildman–Crippen MR) is 108 cm³/mol. The number of piperazine rings is 1. The van der Waals surface area contributed by atoms with E-state index in [1.165, 1.54) is 12.1 Å². The van der Waals surface area contributed by atoms with Crippen LogP contribution in [0.4, 0.5) is 5.69 Å². The molecule has 2 amide bonds. The Morgan fingerprint density at radius 3 is 2.55 bits per heavy atom. The van der Waals surface area contributed by atoms with Crippen LogP contribution in [0.15, 0.2) is 53.4 Å². The van der Waals surface area contributed by atoms with Crippen molar-refractivity contribution >= 4 is 27.5 Å². The molecule has 9 heteroatoms. The zero-order valence-corrected chi connectivity index (χ0v) is 17.0. The number of amides is 2. The van der Waals surface area contributed by atoms with Gasteiger partial charge < -0.3 is 15.4 Å². The van der Waals surface area contributed by atoms with Crippen LogP contribution < -0.4 is 15.4 Å². The van der Waals surface area contributed by atoms with Gasteiger partial charge in [0, 0.05) is 24.3 Å². The predicted octanol–water partition coefficient (Wildman–Crippen LogP) is 1.85. The summed E-state index contributed by atoms with van der Waals surface area (Å²) < 4.78 is 32.3. The first-order valence-corrected chi connectivity index (χ1v) is 10.6. The average Bonchev–Trinajstić information content (AvgIpc) is 2.68. The molecule has 0 aliphatic carbocycles. The number of carbonyl (C=O) groups excluding carboxylic acids is 2. The monoisotopic (exact) mass is 417 g/mol. The molecule has 0 spiro atoms. The van der Waals surface area contributed by atoms with Gasteiger partial charge in [-0.1, -0.05) is 6.07 Å². The van der Waals surface area contributed by atoms with Gasteiger partial charge in [-0.15, -0.1) is 0 Å². The van der Waals surface area contributed by atoms with Crippen LogP contribution in [0.5, 0.6) is 5.75 Å². The van der Waals surface area contributed by atoms with Crippen LogP contribution in [0.1, 0.15) is 24.2 Å². The number of hydrogen-bond acceptors (Lipinski definition) is 5. The SMILES string of the molecule is CC(C)Oc1ccc(C(=O)Nc2cccc(S(=O)(=O)N3CCNC(=O)C3)c2)cc1. The van der Waals surface area contributed by atoms with Crippen LogP contribution in [0.3, 0.4) is 0 Å². The van der Waals surface area contributed by atoms with Gasteiger partial charge in [0.25, 0.3) is 5.91 Å². The Kier molecular flexibility index (Phi) is 6.19. The second-order valence-electron chi connectivity index (χ2n) is 6.86. The number of sulfonamides is 1. The molecule has 3 rings (SSSR count). The third kappa shape index (κ3) is 5.12. The molecular weight excluding hydrogens is 394 g/mol. The highest BCUT2D eigenvalue weighted by molar-refractivity contribution is 7.89. The normalized spacial score (nSPS) is 15.1. The van der Waals surface area contributed by atoms with Crippen molar-refractivity contribution in [1.29, 1.82) is 0 Å². The molecule has 0 radical (unpaired) electrons. The van der Waals surface area contributed by atoms with Gasteiger partial charge in [0.2, 0.25) is 15.9 Å².